The maximum absolute atomic E-state index is 12.9. The maximum atomic E-state index is 12.9. The molecule has 0 amide bonds. The Labute approximate surface area is 283 Å². The van der Waals surface area contributed by atoms with Crippen molar-refractivity contribution in [1.29, 1.82) is 0 Å². The molecule has 0 aliphatic rings. The van der Waals surface area contributed by atoms with E-state index in [0.29, 0.717) is 25.7 Å². The van der Waals surface area contributed by atoms with E-state index in [2.05, 4.69) is 59.8 Å². The number of aliphatic hydroxyl groups excluding tert-OH is 1. The van der Waals surface area contributed by atoms with E-state index in [4.69, 9.17) is 20.9 Å². The number of hydrogen-bond donors (Lipinski definition) is 3. The van der Waals surface area contributed by atoms with Crippen LogP contribution in [0.3, 0.4) is 0 Å². The predicted octanol–water partition coefficient (Wildman–Crippen LogP) is 8.81. The third kappa shape index (κ3) is 20.5. The molecule has 7 heteroatoms. The minimum Gasteiger partial charge on any atom is -0.465 e. The summed E-state index contributed by atoms with van der Waals surface area (Å²) in [6.45, 7) is 20.9. The summed E-state index contributed by atoms with van der Waals surface area (Å²) in [7, 11) is 0. The van der Waals surface area contributed by atoms with Gasteiger partial charge in [-0.15, -0.1) is 0 Å². The number of esters is 2. The molecule has 0 rings (SSSR count). The molecule has 0 saturated carbocycles. The molecular formula is C39H74N2O5. The molecule has 0 spiro atoms. The number of rotatable bonds is 26. The quantitative estimate of drug-likeness (QED) is 0.0485. The molecule has 3 atom stereocenters. The van der Waals surface area contributed by atoms with E-state index in [9.17, 15) is 14.7 Å². The second kappa shape index (κ2) is 22.0. The van der Waals surface area contributed by atoms with Gasteiger partial charge in [-0.2, -0.15) is 0 Å². The average Bonchev–Trinajstić information content (AvgIpc) is 2.93. The van der Waals surface area contributed by atoms with E-state index >= 15 is 0 Å². The van der Waals surface area contributed by atoms with Gasteiger partial charge in [-0.05, 0) is 83.5 Å². The number of ether oxygens (including phenoxy) is 2. The molecule has 0 aromatic carbocycles. The lowest BCUT2D eigenvalue weighted by Crippen LogP contribution is -2.34. The summed E-state index contributed by atoms with van der Waals surface area (Å²) >= 11 is 0. The predicted molar refractivity (Wildman–Crippen MR) is 193 cm³/mol. The van der Waals surface area contributed by atoms with Crippen LogP contribution in [0.4, 0.5) is 0 Å². The highest BCUT2D eigenvalue weighted by molar-refractivity contribution is 5.76. The van der Waals surface area contributed by atoms with Crippen LogP contribution in [0.15, 0.2) is 24.3 Å². The summed E-state index contributed by atoms with van der Waals surface area (Å²) in [4.78, 5) is 25.9. The Morgan fingerprint density at radius 3 is 1.61 bits per heavy atom. The van der Waals surface area contributed by atoms with E-state index in [1.165, 1.54) is 19.3 Å². The van der Waals surface area contributed by atoms with Gasteiger partial charge in [-0.1, -0.05) is 104 Å². The summed E-state index contributed by atoms with van der Waals surface area (Å²) in [6.07, 6.45) is 20.9. The molecule has 5 N–H and O–H groups in total. The summed E-state index contributed by atoms with van der Waals surface area (Å²) in [5.74, 6) is -0.506. The zero-order chi connectivity index (χ0) is 35.4. The van der Waals surface area contributed by atoms with E-state index in [1.807, 2.05) is 33.8 Å². The number of nitrogens with two attached hydrogens (primary N) is 2. The smallest absolute Gasteiger partial charge is 0.311 e. The fourth-order valence-corrected chi connectivity index (χ4v) is 6.36. The summed E-state index contributed by atoms with van der Waals surface area (Å²) in [5, 5.41) is 10.4. The first kappa shape index (κ1) is 44.3. The molecule has 0 fully saturated rings. The third-order valence-corrected chi connectivity index (χ3v) is 8.69. The second-order valence-corrected chi connectivity index (χ2v) is 16.3. The van der Waals surface area contributed by atoms with Crippen molar-refractivity contribution >= 4 is 11.9 Å². The molecule has 0 saturated heterocycles. The van der Waals surface area contributed by atoms with Crippen molar-refractivity contribution in [2.24, 2.45) is 33.1 Å². The molecule has 0 heterocycles. The van der Waals surface area contributed by atoms with Gasteiger partial charge >= 0.3 is 11.9 Å². The summed E-state index contributed by atoms with van der Waals surface area (Å²) in [6, 6.07) is 0.0331. The molecule has 7 nitrogen and oxygen atoms in total. The van der Waals surface area contributed by atoms with Crippen LogP contribution in [0.2, 0.25) is 0 Å². The topological polar surface area (TPSA) is 125 Å². The maximum Gasteiger partial charge on any atom is 0.311 e. The fourth-order valence-electron chi connectivity index (χ4n) is 6.36. The largest absolute Gasteiger partial charge is 0.465 e. The number of hydrogen-bond acceptors (Lipinski definition) is 7. The number of carbonyl (C=O) groups excluding carboxylic acids is 2. The van der Waals surface area contributed by atoms with Crippen molar-refractivity contribution in [1.82, 2.24) is 0 Å². The molecule has 0 bridgehead atoms. The van der Waals surface area contributed by atoms with Crippen molar-refractivity contribution in [3.63, 3.8) is 0 Å². The molecule has 46 heavy (non-hydrogen) atoms. The van der Waals surface area contributed by atoms with Crippen LogP contribution in [0.25, 0.3) is 0 Å². The molecule has 0 aromatic heterocycles. The van der Waals surface area contributed by atoms with Crippen molar-refractivity contribution in [3.05, 3.63) is 24.3 Å². The second-order valence-electron chi connectivity index (χ2n) is 16.3. The minimum absolute atomic E-state index is 0.153. The van der Waals surface area contributed by atoms with Gasteiger partial charge in [0.25, 0.3) is 0 Å². The Hall–Kier alpha value is -1.70. The zero-order valence-electron chi connectivity index (χ0n) is 31.6. The molecule has 0 aliphatic heterocycles. The van der Waals surface area contributed by atoms with Gasteiger partial charge in [0, 0.05) is 18.5 Å². The average molecular weight is 651 g/mol. The van der Waals surface area contributed by atoms with Crippen LogP contribution in [-0.2, 0) is 19.1 Å². The molecule has 270 valence electrons. The number of aliphatic hydroxyl groups is 1. The highest BCUT2D eigenvalue weighted by Gasteiger charge is 2.36. The van der Waals surface area contributed by atoms with Crippen LogP contribution in [0, 0.1) is 21.7 Å². The minimum atomic E-state index is -0.694. The van der Waals surface area contributed by atoms with E-state index < -0.39 is 16.9 Å². The molecule has 0 radical (unpaired) electrons. The lowest BCUT2D eigenvalue weighted by Gasteiger charge is -2.32. The fraction of sp³-hybridized carbons (Fsp3) is 0.846. The Kier molecular flexibility index (Phi) is 21.2. The van der Waals surface area contributed by atoms with Crippen LogP contribution < -0.4 is 11.5 Å². The van der Waals surface area contributed by atoms with Gasteiger partial charge in [0.05, 0.1) is 30.1 Å². The third-order valence-electron chi connectivity index (χ3n) is 8.69. The van der Waals surface area contributed by atoms with Crippen molar-refractivity contribution < 1.29 is 24.2 Å². The number of unbranched alkanes of at least 4 members (excludes halogenated alkanes) is 4. The standard InChI is InChI=1S/C39H74N2O5/c1-11-13-15-21-31(40)22-17-18-25-36(3,4)29-38(7,8)34(43)45-27-20-28-46-35(44)39(9,10)30-37(5,6)26-19-24-33(42)32(41)23-16-14-12-2/h18-19,25-26,31-33,42H,11-17,20-24,27-30,40-41H2,1-10H3/b25-18+,26-19+. The normalized spacial score (nSPS) is 15.3. The molecular weight excluding hydrogens is 576 g/mol. The SMILES string of the molecule is CCCCCC(N)CC/C=C/C(C)(C)CC(C)(C)C(=O)OCCCOC(=O)C(C)(C)CC(C)(C)/C=C/CC(O)C(N)CCCCC. The Morgan fingerprint density at radius 1 is 0.674 bits per heavy atom. The molecule has 0 aliphatic carbocycles. The van der Waals surface area contributed by atoms with Crippen molar-refractivity contribution in [2.75, 3.05) is 13.2 Å². The van der Waals surface area contributed by atoms with E-state index in [0.717, 1.165) is 44.9 Å². The Morgan fingerprint density at radius 2 is 1.13 bits per heavy atom. The van der Waals surface area contributed by atoms with Crippen LogP contribution in [0.1, 0.15) is 159 Å². The lowest BCUT2D eigenvalue weighted by molar-refractivity contribution is -0.158. The van der Waals surface area contributed by atoms with Gasteiger partial charge in [-0.25, -0.2) is 0 Å². The van der Waals surface area contributed by atoms with Gasteiger partial charge in [0.15, 0.2) is 0 Å². The Balaban J connectivity index is 4.58. The van der Waals surface area contributed by atoms with Gasteiger partial charge in [-0.3, -0.25) is 9.59 Å². The first-order valence-electron chi connectivity index (χ1n) is 18.2. The van der Waals surface area contributed by atoms with Gasteiger partial charge < -0.3 is 26.0 Å². The Bertz CT molecular complexity index is 906. The van der Waals surface area contributed by atoms with E-state index in [-0.39, 0.29) is 48.1 Å². The van der Waals surface area contributed by atoms with Gasteiger partial charge in [0.2, 0.25) is 0 Å². The molecule has 0 aromatic rings. The number of carbonyl (C=O) groups is 2. The van der Waals surface area contributed by atoms with Crippen molar-refractivity contribution in [2.45, 2.75) is 177 Å². The summed E-state index contributed by atoms with van der Waals surface area (Å²) < 4.78 is 11.2. The first-order valence-corrected chi connectivity index (χ1v) is 18.2. The van der Waals surface area contributed by atoms with E-state index in [1.54, 1.807) is 0 Å². The first-order chi connectivity index (χ1) is 21.3. The molecule has 3 unspecified atom stereocenters. The lowest BCUT2D eigenvalue weighted by atomic mass is 9.75. The number of allylic oxidation sites excluding steroid dienone is 3. The van der Waals surface area contributed by atoms with Crippen LogP contribution in [0.5, 0.6) is 0 Å². The van der Waals surface area contributed by atoms with Gasteiger partial charge in [0.1, 0.15) is 0 Å². The van der Waals surface area contributed by atoms with Crippen molar-refractivity contribution in [3.8, 4) is 0 Å². The summed E-state index contributed by atoms with van der Waals surface area (Å²) in [5.41, 5.74) is 10.6. The highest BCUT2D eigenvalue weighted by atomic mass is 16.5. The highest BCUT2D eigenvalue weighted by Crippen LogP contribution is 2.37. The zero-order valence-corrected chi connectivity index (χ0v) is 31.6. The van der Waals surface area contributed by atoms with Crippen LogP contribution >= 0.6 is 0 Å². The monoisotopic (exact) mass is 651 g/mol. The van der Waals surface area contributed by atoms with Crippen LogP contribution in [-0.4, -0.2) is 48.4 Å².